The highest BCUT2D eigenvalue weighted by molar-refractivity contribution is 7.89. The lowest BCUT2D eigenvalue weighted by Gasteiger charge is -2.04. The van der Waals surface area contributed by atoms with Crippen molar-refractivity contribution in [2.24, 2.45) is 12.2 Å². The SMILES string of the molecule is Cn1nc(C(=O)NCCc2ccc(S(N)(=O)=O)cc2)cc1-c1ccccc1. The number of amides is 1. The van der Waals surface area contributed by atoms with Gasteiger partial charge in [-0.3, -0.25) is 9.48 Å². The second-order valence-electron chi connectivity index (χ2n) is 6.10. The zero-order valence-electron chi connectivity index (χ0n) is 14.8. The molecule has 0 radical (unpaired) electrons. The number of nitrogens with one attached hydrogen (secondary N) is 1. The molecule has 1 amide bonds. The minimum Gasteiger partial charge on any atom is -0.350 e. The topological polar surface area (TPSA) is 107 Å². The van der Waals surface area contributed by atoms with Gasteiger partial charge in [-0.15, -0.1) is 0 Å². The van der Waals surface area contributed by atoms with E-state index in [1.54, 1.807) is 29.9 Å². The average molecular weight is 384 g/mol. The molecule has 0 unspecified atom stereocenters. The lowest BCUT2D eigenvalue weighted by atomic mass is 10.1. The highest BCUT2D eigenvalue weighted by Crippen LogP contribution is 2.19. The average Bonchev–Trinajstić information content (AvgIpc) is 3.04. The predicted molar refractivity (Wildman–Crippen MR) is 102 cm³/mol. The Balaban J connectivity index is 1.60. The highest BCUT2D eigenvalue weighted by atomic mass is 32.2. The van der Waals surface area contributed by atoms with Crippen molar-refractivity contribution in [1.29, 1.82) is 0 Å². The van der Waals surface area contributed by atoms with Gasteiger partial charge >= 0.3 is 0 Å². The number of rotatable bonds is 6. The third-order valence-corrected chi connectivity index (χ3v) is 5.06. The van der Waals surface area contributed by atoms with E-state index in [1.807, 2.05) is 30.3 Å². The summed E-state index contributed by atoms with van der Waals surface area (Å²) < 4.78 is 24.2. The van der Waals surface area contributed by atoms with Crippen LogP contribution in [0.3, 0.4) is 0 Å². The van der Waals surface area contributed by atoms with E-state index in [0.717, 1.165) is 16.8 Å². The first-order valence-electron chi connectivity index (χ1n) is 8.34. The summed E-state index contributed by atoms with van der Waals surface area (Å²) in [5.41, 5.74) is 3.09. The first-order valence-corrected chi connectivity index (χ1v) is 9.88. The van der Waals surface area contributed by atoms with E-state index >= 15 is 0 Å². The Bertz CT molecular complexity index is 1040. The van der Waals surface area contributed by atoms with E-state index in [0.29, 0.717) is 18.7 Å². The fourth-order valence-electron chi connectivity index (χ4n) is 2.71. The van der Waals surface area contributed by atoms with Crippen molar-refractivity contribution in [2.75, 3.05) is 6.54 Å². The molecule has 3 aromatic rings. The first kappa shape index (κ1) is 18.8. The highest BCUT2D eigenvalue weighted by Gasteiger charge is 2.13. The molecule has 3 rings (SSSR count). The Morgan fingerprint density at radius 1 is 1.11 bits per heavy atom. The van der Waals surface area contributed by atoms with Crippen LogP contribution in [0.25, 0.3) is 11.3 Å². The van der Waals surface area contributed by atoms with Crippen molar-refractivity contribution in [3.8, 4) is 11.3 Å². The number of nitrogens with zero attached hydrogens (tertiary/aromatic N) is 2. The summed E-state index contributed by atoms with van der Waals surface area (Å²) in [6.45, 7) is 0.408. The maximum atomic E-state index is 12.3. The van der Waals surface area contributed by atoms with Gasteiger partial charge in [-0.1, -0.05) is 42.5 Å². The van der Waals surface area contributed by atoms with Crippen LogP contribution < -0.4 is 10.5 Å². The van der Waals surface area contributed by atoms with Gasteiger partial charge in [-0.05, 0) is 35.7 Å². The molecular weight excluding hydrogens is 364 g/mol. The van der Waals surface area contributed by atoms with Crippen molar-refractivity contribution in [1.82, 2.24) is 15.1 Å². The number of nitrogens with two attached hydrogens (primary N) is 1. The van der Waals surface area contributed by atoms with Crippen LogP contribution in [0.5, 0.6) is 0 Å². The third-order valence-electron chi connectivity index (χ3n) is 4.13. The molecule has 8 heteroatoms. The van der Waals surface area contributed by atoms with Crippen molar-refractivity contribution in [3.05, 3.63) is 71.9 Å². The fraction of sp³-hybridized carbons (Fsp3) is 0.158. The number of hydrogen-bond acceptors (Lipinski definition) is 4. The molecule has 3 N–H and O–H groups in total. The van der Waals surface area contributed by atoms with E-state index in [9.17, 15) is 13.2 Å². The summed E-state index contributed by atoms with van der Waals surface area (Å²) in [6, 6.07) is 17.8. The van der Waals surface area contributed by atoms with Gasteiger partial charge in [0.05, 0.1) is 10.6 Å². The number of hydrogen-bond donors (Lipinski definition) is 2. The molecule has 0 saturated carbocycles. The van der Waals surface area contributed by atoms with E-state index in [2.05, 4.69) is 10.4 Å². The molecule has 2 aromatic carbocycles. The Hall–Kier alpha value is -2.97. The Morgan fingerprint density at radius 3 is 2.41 bits per heavy atom. The van der Waals surface area contributed by atoms with Gasteiger partial charge < -0.3 is 5.32 Å². The molecule has 1 heterocycles. The summed E-state index contributed by atoms with van der Waals surface area (Å²) >= 11 is 0. The maximum Gasteiger partial charge on any atom is 0.271 e. The summed E-state index contributed by atoms with van der Waals surface area (Å²) in [6.07, 6.45) is 0.564. The number of aromatic nitrogens is 2. The first-order chi connectivity index (χ1) is 12.8. The molecule has 0 aliphatic carbocycles. The van der Waals surface area contributed by atoms with Crippen LogP contribution >= 0.6 is 0 Å². The van der Waals surface area contributed by atoms with Gasteiger partial charge in [0.25, 0.3) is 5.91 Å². The van der Waals surface area contributed by atoms with Gasteiger partial charge in [0, 0.05) is 13.6 Å². The molecule has 7 nitrogen and oxygen atoms in total. The van der Waals surface area contributed by atoms with Gasteiger partial charge in [-0.25, -0.2) is 13.6 Å². The third kappa shape index (κ3) is 4.60. The van der Waals surface area contributed by atoms with E-state index in [4.69, 9.17) is 5.14 Å². The number of sulfonamides is 1. The molecule has 0 bridgehead atoms. The second kappa shape index (κ2) is 7.73. The monoisotopic (exact) mass is 384 g/mol. The van der Waals surface area contributed by atoms with Gasteiger partial charge in [0.1, 0.15) is 0 Å². The largest absolute Gasteiger partial charge is 0.350 e. The second-order valence-corrected chi connectivity index (χ2v) is 7.66. The van der Waals surface area contributed by atoms with Crippen LogP contribution in [0.2, 0.25) is 0 Å². The van der Waals surface area contributed by atoms with Crippen LogP contribution in [-0.4, -0.2) is 30.7 Å². The summed E-state index contributed by atoms with van der Waals surface area (Å²) in [4.78, 5) is 12.4. The van der Waals surface area contributed by atoms with Crippen LogP contribution in [0.4, 0.5) is 0 Å². The molecule has 140 valence electrons. The predicted octanol–water partition coefficient (Wildman–Crippen LogP) is 1.71. The van der Waals surface area contributed by atoms with Gasteiger partial charge in [0.2, 0.25) is 10.0 Å². The van der Waals surface area contributed by atoms with Crippen LogP contribution in [-0.2, 0) is 23.5 Å². The summed E-state index contributed by atoms with van der Waals surface area (Å²) in [5, 5.41) is 12.2. The van der Waals surface area contributed by atoms with Crippen molar-refractivity contribution in [2.45, 2.75) is 11.3 Å². The van der Waals surface area contributed by atoms with Crippen molar-refractivity contribution in [3.63, 3.8) is 0 Å². The van der Waals surface area contributed by atoms with E-state index < -0.39 is 10.0 Å². The Morgan fingerprint density at radius 2 is 1.78 bits per heavy atom. The van der Waals surface area contributed by atoms with Crippen molar-refractivity contribution < 1.29 is 13.2 Å². The zero-order valence-corrected chi connectivity index (χ0v) is 15.6. The minimum absolute atomic E-state index is 0.0669. The zero-order chi connectivity index (χ0) is 19.4. The molecule has 0 spiro atoms. The number of benzene rings is 2. The molecule has 1 aromatic heterocycles. The molecular formula is C19H20N4O3S. The molecule has 0 saturated heterocycles. The van der Waals surface area contributed by atoms with Gasteiger partial charge in [0.15, 0.2) is 5.69 Å². The summed E-state index contributed by atoms with van der Waals surface area (Å²) in [7, 11) is -1.90. The molecule has 0 atom stereocenters. The van der Waals surface area contributed by atoms with Crippen LogP contribution in [0.15, 0.2) is 65.6 Å². The Kier molecular flexibility index (Phi) is 5.38. The lowest BCUT2D eigenvalue weighted by molar-refractivity contribution is 0.0948. The normalized spacial score (nSPS) is 11.3. The summed E-state index contributed by atoms with van der Waals surface area (Å²) in [5.74, 6) is -0.256. The van der Waals surface area contributed by atoms with Gasteiger partial charge in [-0.2, -0.15) is 5.10 Å². The number of primary sulfonamides is 1. The molecule has 0 aliphatic heterocycles. The molecule has 0 fully saturated rings. The maximum absolute atomic E-state index is 12.3. The molecule has 27 heavy (non-hydrogen) atoms. The number of carbonyl (C=O) groups is 1. The molecule has 0 aliphatic rings. The fourth-order valence-corrected chi connectivity index (χ4v) is 3.23. The quantitative estimate of drug-likeness (QED) is 0.674. The van der Waals surface area contributed by atoms with Crippen LogP contribution in [0.1, 0.15) is 16.1 Å². The number of aryl methyl sites for hydroxylation is 1. The van der Waals surface area contributed by atoms with Crippen molar-refractivity contribution >= 4 is 15.9 Å². The smallest absolute Gasteiger partial charge is 0.271 e. The Labute approximate surface area is 157 Å². The number of carbonyl (C=O) groups excluding carboxylic acids is 1. The lowest BCUT2D eigenvalue weighted by Crippen LogP contribution is -2.26. The minimum atomic E-state index is -3.69. The standard InChI is InChI=1S/C19H20N4O3S/c1-23-18(15-5-3-2-4-6-15)13-17(22-23)19(24)21-12-11-14-7-9-16(10-8-14)27(20,25)26/h2-10,13H,11-12H2,1H3,(H,21,24)(H2,20,25,26). The van der Waals surface area contributed by atoms with E-state index in [1.165, 1.54) is 12.1 Å². The van der Waals surface area contributed by atoms with Crippen LogP contribution in [0, 0.1) is 0 Å². The van der Waals surface area contributed by atoms with E-state index in [-0.39, 0.29) is 10.8 Å².